The minimum atomic E-state index is -0.137. The molecule has 18 heavy (non-hydrogen) atoms. The fraction of sp³-hybridized carbons (Fsp3) is 0.600. The van der Waals surface area contributed by atoms with E-state index in [-0.39, 0.29) is 6.10 Å². The van der Waals surface area contributed by atoms with Crippen molar-refractivity contribution in [3.63, 3.8) is 0 Å². The second-order valence-corrected chi connectivity index (χ2v) is 6.16. The van der Waals surface area contributed by atoms with E-state index in [1.165, 1.54) is 12.0 Å². The Morgan fingerprint density at radius 2 is 2.06 bits per heavy atom. The SMILES string of the molecule is CCCN1CCC(O)C(Cc2ccc(Br)cc2)C1. The summed E-state index contributed by atoms with van der Waals surface area (Å²) in [7, 11) is 0. The summed E-state index contributed by atoms with van der Waals surface area (Å²) in [5.41, 5.74) is 1.32. The summed E-state index contributed by atoms with van der Waals surface area (Å²) < 4.78 is 1.11. The molecule has 1 aliphatic rings. The maximum absolute atomic E-state index is 10.1. The van der Waals surface area contributed by atoms with Crippen LogP contribution in [0.15, 0.2) is 28.7 Å². The maximum atomic E-state index is 10.1. The Morgan fingerprint density at radius 3 is 2.72 bits per heavy atom. The zero-order valence-electron chi connectivity index (χ0n) is 11.0. The first kappa shape index (κ1) is 14.0. The van der Waals surface area contributed by atoms with Gasteiger partial charge in [-0.2, -0.15) is 0 Å². The molecule has 1 N–H and O–H groups in total. The van der Waals surface area contributed by atoms with Gasteiger partial charge in [-0.05, 0) is 43.5 Å². The van der Waals surface area contributed by atoms with Gasteiger partial charge in [0, 0.05) is 23.5 Å². The van der Waals surface area contributed by atoms with Crippen LogP contribution in [0, 0.1) is 5.92 Å². The van der Waals surface area contributed by atoms with Crippen LogP contribution < -0.4 is 0 Å². The molecule has 100 valence electrons. The number of rotatable bonds is 4. The van der Waals surface area contributed by atoms with E-state index in [2.05, 4.69) is 52.0 Å². The van der Waals surface area contributed by atoms with Crippen molar-refractivity contribution in [2.24, 2.45) is 5.92 Å². The van der Waals surface area contributed by atoms with Crippen molar-refractivity contribution in [3.8, 4) is 0 Å². The van der Waals surface area contributed by atoms with Crippen molar-refractivity contribution in [2.75, 3.05) is 19.6 Å². The van der Waals surface area contributed by atoms with Crippen LogP contribution in [0.5, 0.6) is 0 Å². The minimum Gasteiger partial charge on any atom is -0.393 e. The van der Waals surface area contributed by atoms with Crippen molar-refractivity contribution >= 4 is 15.9 Å². The molecule has 1 aliphatic heterocycles. The Hall–Kier alpha value is -0.380. The van der Waals surface area contributed by atoms with E-state index in [1.54, 1.807) is 0 Å². The first-order valence-corrected chi connectivity index (χ1v) is 7.63. The highest BCUT2D eigenvalue weighted by Gasteiger charge is 2.27. The summed E-state index contributed by atoms with van der Waals surface area (Å²) in [5, 5.41) is 10.1. The Morgan fingerprint density at radius 1 is 1.33 bits per heavy atom. The smallest absolute Gasteiger partial charge is 0.0596 e. The van der Waals surface area contributed by atoms with Crippen LogP contribution in [-0.2, 0) is 6.42 Å². The second-order valence-electron chi connectivity index (χ2n) is 5.25. The standard InChI is InChI=1S/C15H22BrNO/c1-2-8-17-9-7-15(18)13(11-17)10-12-3-5-14(16)6-4-12/h3-6,13,15,18H,2,7-11H2,1H3. The first-order valence-electron chi connectivity index (χ1n) is 6.84. The highest BCUT2D eigenvalue weighted by molar-refractivity contribution is 9.10. The molecule has 0 aliphatic carbocycles. The van der Waals surface area contributed by atoms with E-state index in [4.69, 9.17) is 0 Å². The molecule has 2 nitrogen and oxygen atoms in total. The number of piperidine rings is 1. The molecule has 2 atom stereocenters. The lowest BCUT2D eigenvalue weighted by molar-refractivity contribution is 0.0270. The van der Waals surface area contributed by atoms with Gasteiger partial charge in [0.15, 0.2) is 0 Å². The number of likely N-dealkylation sites (tertiary alicyclic amines) is 1. The minimum absolute atomic E-state index is 0.137. The largest absolute Gasteiger partial charge is 0.393 e. The summed E-state index contributed by atoms with van der Waals surface area (Å²) in [4.78, 5) is 2.48. The number of hydrogen-bond acceptors (Lipinski definition) is 2. The van der Waals surface area contributed by atoms with Crippen LogP contribution in [0.2, 0.25) is 0 Å². The van der Waals surface area contributed by atoms with Gasteiger partial charge in [0.2, 0.25) is 0 Å². The number of halogens is 1. The van der Waals surface area contributed by atoms with Crippen LogP contribution in [0.3, 0.4) is 0 Å². The van der Waals surface area contributed by atoms with Gasteiger partial charge in [0.1, 0.15) is 0 Å². The summed E-state index contributed by atoms with van der Waals surface area (Å²) >= 11 is 3.45. The predicted molar refractivity (Wildman–Crippen MR) is 78.7 cm³/mol. The number of aliphatic hydroxyl groups excluding tert-OH is 1. The van der Waals surface area contributed by atoms with Gasteiger partial charge >= 0.3 is 0 Å². The van der Waals surface area contributed by atoms with Crippen LogP contribution in [0.25, 0.3) is 0 Å². The van der Waals surface area contributed by atoms with Crippen LogP contribution in [-0.4, -0.2) is 35.7 Å². The van der Waals surface area contributed by atoms with Crippen molar-refractivity contribution < 1.29 is 5.11 Å². The predicted octanol–water partition coefficient (Wildman–Crippen LogP) is 3.08. The molecule has 1 fully saturated rings. The molecule has 1 saturated heterocycles. The van der Waals surface area contributed by atoms with Crippen LogP contribution in [0.4, 0.5) is 0 Å². The van der Waals surface area contributed by atoms with Crippen LogP contribution in [0.1, 0.15) is 25.3 Å². The van der Waals surface area contributed by atoms with Gasteiger partial charge in [0.05, 0.1) is 6.10 Å². The lowest BCUT2D eigenvalue weighted by Gasteiger charge is -2.36. The number of hydrogen-bond donors (Lipinski definition) is 1. The highest BCUT2D eigenvalue weighted by atomic mass is 79.9. The van der Waals surface area contributed by atoms with Crippen molar-refractivity contribution in [1.82, 2.24) is 4.90 Å². The normalized spacial score (nSPS) is 25.3. The summed E-state index contributed by atoms with van der Waals surface area (Å²) in [6.45, 7) is 5.45. The fourth-order valence-electron chi connectivity index (χ4n) is 2.74. The summed E-state index contributed by atoms with van der Waals surface area (Å²) in [6.07, 6.45) is 2.96. The number of nitrogens with zero attached hydrogens (tertiary/aromatic N) is 1. The van der Waals surface area contributed by atoms with E-state index < -0.39 is 0 Å². The van der Waals surface area contributed by atoms with E-state index in [9.17, 15) is 5.11 Å². The quantitative estimate of drug-likeness (QED) is 0.923. The second kappa shape index (κ2) is 6.69. The zero-order valence-corrected chi connectivity index (χ0v) is 12.6. The molecule has 0 amide bonds. The van der Waals surface area contributed by atoms with Gasteiger partial charge in [-0.1, -0.05) is 35.0 Å². The molecule has 2 unspecified atom stereocenters. The third kappa shape index (κ3) is 3.81. The first-order chi connectivity index (χ1) is 8.69. The molecule has 3 heteroatoms. The highest BCUT2D eigenvalue weighted by Crippen LogP contribution is 2.22. The Bertz CT molecular complexity index is 365. The molecular formula is C15H22BrNO. The fourth-order valence-corrected chi connectivity index (χ4v) is 3.00. The van der Waals surface area contributed by atoms with Crippen molar-refractivity contribution in [1.29, 1.82) is 0 Å². The van der Waals surface area contributed by atoms with E-state index in [1.807, 2.05) is 0 Å². The lowest BCUT2D eigenvalue weighted by Crippen LogP contribution is -2.44. The number of benzene rings is 1. The third-order valence-corrected chi connectivity index (χ3v) is 4.26. The Balaban J connectivity index is 1.95. The summed E-state index contributed by atoms with van der Waals surface area (Å²) in [5.74, 6) is 0.381. The van der Waals surface area contributed by atoms with Gasteiger partial charge < -0.3 is 10.0 Å². The molecule has 0 radical (unpaired) electrons. The molecule has 2 rings (SSSR count). The van der Waals surface area contributed by atoms with Crippen molar-refractivity contribution in [3.05, 3.63) is 34.3 Å². The van der Waals surface area contributed by atoms with E-state index in [0.717, 1.165) is 36.9 Å². The molecule has 0 spiro atoms. The zero-order chi connectivity index (χ0) is 13.0. The number of aliphatic hydroxyl groups is 1. The average Bonchev–Trinajstić information content (AvgIpc) is 2.36. The molecular weight excluding hydrogens is 290 g/mol. The Kier molecular flexibility index (Phi) is 5.22. The average molecular weight is 312 g/mol. The monoisotopic (exact) mass is 311 g/mol. The third-order valence-electron chi connectivity index (χ3n) is 3.73. The molecule has 0 aromatic heterocycles. The summed E-state index contributed by atoms with van der Waals surface area (Å²) in [6, 6.07) is 8.45. The van der Waals surface area contributed by atoms with Gasteiger partial charge in [-0.25, -0.2) is 0 Å². The van der Waals surface area contributed by atoms with Gasteiger partial charge in [-0.3, -0.25) is 0 Å². The molecule has 0 saturated carbocycles. The maximum Gasteiger partial charge on any atom is 0.0596 e. The Labute approximate surface area is 118 Å². The molecule has 1 aromatic rings. The van der Waals surface area contributed by atoms with Crippen molar-refractivity contribution in [2.45, 2.75) is 32.3 Å². The van der Waals surface area contributed by atoms with Crippen LogP contribution >= 0.6 is 15.9 Å². The van der Waals surface area contributed by atoms with Gasteiger partial charge in [-0.15, -0.1) is 0 Å². The lowest BCUT2D eigenvalue weighted by atomic mass is 9.88. The topological polar surface area (TPSA) is 23.5 Å². The van der Waals surface area contributed by atoms with E-state index >= 15 is 0 Å². The van der Waals surface area contributed by atoms with Gasteiger partial charge in [0.25, 0.3) is 0 Å². The molecule has 0 bridgehead atoms. The molecule has 1 aromatic carbocycles. The molecule has 1 heterocycles. The van der Waals surface area contributed by atoms with E-state index in [0.29, 0.717) is 5.92 Å².